The standard InChI is InChI=1S/C16H26BrN5O2Si/c1-16(2,3)25(4,5)24-11-13-19-15-14(21-6-8-23-9-7-21)18-12(17)10-22(15)20-13/h10H,6-9,11H2,1-5H3. The number of fused-ring (bicyclic) bond motifs is 1. The number of anilines is 1. The molecule has 0 radical (unpaired) electrons. The Morgan fingerprint density at radius 1 is 1.24 bits per heavy atom. The largest absolute Gasteiger partial charge is 0.409 e. The van der Waals surface area contributed by atoms with Crippen molar-refractivity contribution in [1.29, 1.82) is 0 Å². The summed E-state index contributed by atoms with van der Waals surface area (Å²) in [6.07, 6.45) is 1.84. The fraction of sp³-hybridized carbons (Fsp3) is 0.688. The molecule has 3 heterocycles. The van der Waals surface area contributed by atoms with Crippen LogP contribution in [0.2, 0.25) is 18.1 Å². The maximum atomic E-state index is 6.26. The van der Waals surface area contributed by atoms with Crippen molar-refractivity contribution in [2.24, 2.45) is 0 Å². The lowest BCUT2D eigenvalue weighted by Crippen LogP contribution is -2.40. The van der Waals surface area contributed by atoms with Gasteiger partial charge in [-0.15, -0.1) is 5.10 Å². The van der Waals surface area contributed by atoms with Crippen LogP contribution in [0.25, 0.3) is 5.65 Å². The third-order valence-corrected chi connectivity index (χ3v) is 9.86. The Hall–Kier alpha value is -1.03. The zero-order valence-corrected chi connectivity index (χ0v) is 18.1. The normalized spacial score (nSPS) is 16.6. The topological polar surface area (TPSA) is 64.8 Å². The second-order valence-electron chi connectivity index (χ2n) is 7.83. The number of hydrogen-bond acceptors (Lipinski definition) is 6. The molecule has 1 aliphatic rings. The van der Waals surface area contributed by atoms with Gasteiger partial charge in [0.2, 0.25) is 0 Å². The number of halogens is 1. The van der Waals surface area contributed by atoms with Crippen LogP contribution < -0.4 is 4.90 Å². The Morgan fingerprint density at radius 2 is 1.92 bits per heavy atom. The lowest BCUT2D eigenvalue weighted by Gasteiger charge is -2.35. The lowest BCUT2D eigenvalue weighted by atomic mass is 10.2. The highest BCUT2D eigenvalue weighted by atomic mass is 79.9. The van der Waals surface area contributed by atoms with Crippen LogP contribution in [-0.2, 0) is 15.8 Å². The molecule has 0 saturated carbocycles. The molecule has 2 aromatic heterocycles. The Balaban J connectivity index is 1.87. The van der Waals surface area contributed by atoms with Crippen LogP contribution in [0.15, 0.2) is 10.8 Å². The Labute approximate surface area is 158 Å². The summed E-state index contributed by atoms with van der Waals surface area (Å²) >= 11 is 3.47. The fourth-order valence-corrected chi connectivity index (χ4v) is 3.69. The molecular weight excluding hydrogens is 402 g/mol. The van der Waals surface area contributed by atoms with E-state index in [1.807, 2.05) is 6.20 Å². The summed E-state index contributed by atoms with van der Waals surface area (Å²) in [4.78, 5) is 11.5. The van der Waals surface area contributed by atoms with Gasteiger partial charge in [0, 0.05) is 13.1 Å². The van der Waals surface area contributed by atoms with Crippen LogP contribution in [0.5, 0.6) is 0 Å². The summed E-state index contributed by atoms with van der Waals surface area (Å²) in [5.74, 6) is 1.53. The number of hydrogen-bond donors (Lipinski definition) is 0. The number of nitrogens with zero attached hydrogens (tertiary/aromatic N) is 5. The summed E-state index contributed by atoms with van der Waals surface area (Å²) in [6.45, 7) is 14.6. The van der Waals surface area contributed by atoms with Crippen molar-refractivity contribution in [3.8, 4) is 0 Å². The van der Waals surface area contributed by atoms with E-state index >= 15 is 0 Å². The second kappa shape index (κ2) is 6.94. The van der Waals surface area contributed by atoms with Gasteiger partial charge in [0.15, 0.2) is 25.6 Å². The number of rotatable bonds is 4. The SMILES string of the molecule is CC(C)(C)[Si](C)(C)OCc1nc2c(N3CCOCC3)nc(Br)cn2n1. The van der Waals surface area contributed by atoms with E-state index in [0.717, 1.165) is 29.2 Å². The van der Waals surface area contributed by atoms with E-state index in [9.17, 15) is 0 Å². The van der Waals surface area contributed by atoms with Gasteiger partial charge in [0.25, 0.3) is 0 Å². The Kier molecular flexibility index (Phi) is 5.20. The minimum absolute atomic E-state index is 0.162. The van der Waals surface area contributed by atoms with Crippen molar-refractivity contribution in [2.75, 3.05) is 31.2 Å². The molecule has 3 rings (SSSR count). The molecule has 0 atom stereocenters. The van der Waals surface area contributed by atoms with Crippen LogP contribution in [0.1, 0.15) is 26.6 Å². The maximum absolute atomic E-state index is 6.26. The van der Waals surface area contributed by atoms with Gasteiger partial charge in [-0.25, -0.2) is 14.5 Å². The van der Waals surface area contributed by atoms with Gasteiger partial charge in [-0.2, -0.15) is 0 Å². The third-order valence-electron chi connectivity index (χ3n) is 5.00. The molecule has 138 valence electrons. The minimum Gasteiger partial charge on any atom is -0.409 e. The molecule has 0 aromatic carbocycles. The van der Waals surface area contributed by atoms with E-state index in [1.165, 1.54) is 0 Å². The van der Waals surface area contributed by atoms with Gasteiger partial charge in [-0.3, -0.25) is 0 Å². The molecule has 0 spiro atoms. The maximum Gasteiger partial charge on any atom is 0.198 e. The van der Waals surface area contributed by atoms with E-state index in [4.69, 9.17) is 14.1 Å². The molecular formula is C16H26BrN5O2Si. The molecule has 0 unspecified atom stereocenters. The summed E-state index contributed by atoms with van der Waals surface area (Å²) in [5, 5.41) is 4.75. The summed E-state index contributed by atoms with van der Waals surface area (Å²) in [7, 11) is -1.83. The van der Waals surface area contributed by atoms with Crippen LogP contribution >= 0.6 is 15.9 Å². The van der Waals surface area contributed by atoms with E-state index < -0.39 is 8.32 Å². The molecule has 0 aliphatic carbocycles. The van der Waals surface area contributed by atoms with E-state index in [-0.39, 0.29) is 5.04 Å². The molecule has 0 bridgehead atoms. The first kappa shape index (κ1) is 18.7. The quantitative estimate of drug-likeness (QED) is 0.697. The number of morpholine rings is 1. The molecule has 0 N–H and O–H groups in total. The van der Waals surface area contributed by atoms with E-state index in [0.29, 0.717) is 25.6 Å². The van der Waals surface area contributed by atoms with Crippen molar-refractivity contribution >= 4 is 35.7 Å². The van der Waals surface area contributed by atoms with Gasteiger partial charge in [0.1, 0.15) is 4.60 Å². The molecule has 1 aliphatic heterocycles. The molecule has 2 aromatic rings. The van der Waals surface area contributed by atoms with Crippen molar-refractivity contribution in [3.63, 3.8) is 0 Å². The zero-order chi connectivity index (χ0) is 18.2. The first-order valence-corrected chi connectivity index (χ1v) is 12.3. The number of aromatic nitrogens is 4. The van der Waals surface area contributed by atoms with Gasteiger partial charge in [-0.05, 0) is 34.1 Å². The average Bonchev–Trinajstić information content (AvgIpc) is 2.95. The summed E-state index contributed by atoms with van der Waals surface area (Å²) in [5.41, 5.74) is 0.763. The molecule has 9 heteroatoms. The lowest BCUT2D eigenvalue weighted by molar-refractivity contribution is 0.122. The summed E-state index contributed by atoms with van der Waals surface area (Å²) < 4.78 is 14.2. The second-order valence-corrected chi connectivity index (χ2v) is 13.5. The third kappa shape index (κ3) is 4.04. The van der Waals surface area contributed by atoms with Crippen LogP contribution in [-0.4, -0.2) is 54.2 Å². The van der Waals surface area contributed by atoms with E-state index in [2.05, 4.69) is 64.8 Å². The van der Waals surface area contributed by atoms with Crippen molar-refractivity contribution in [1.82, 2.24) is 19.6 Å². The van der Waals surface area contributed by atoms with Gasteiger partial charge < -0.3 is 14.1 Å². The van der Waals surface area contributed by atoms with Crippen LogP contribution in [0.3, 0.4) is 0 Å². The predicted molar refractivity (Wildman–Crippen MR) is 104 cm³/mol. The van der Waals surface area contributed by atoms with Gasteiger partial charge in [0.05, 0.1) is 26.0 Å². The average molecular weight is 428 g/mol. The molecule has 1 saturated heterocycles. The predicted octanol–water partition coefficient (Wildman–Crippen LogP) is 3.25. The van der Waals surface area contributed by atoms with Crippen molar-refractivity contribution in [3.05, 3.63) is 16.6 Å². The highest BCUT2D eigenvalue weighted by Gasteiger charge is 2.37. The summed E-state index contributed by atoms with van der Waals surface area (Å²) in [6, 6.07) is 0. The van der Waals surface area contributed by atoms with E-state index in [1.54, 1.807) is 4.52 Å². The first-order valence-electron chi connectivity index (χ1n) is 8.56. The molecule has 1 fully saturated rings. The smallest absolute Gasteiger partial charge is 0.198 e. The Morgan fingerprint density at radius 3 is 2.56 bits per heavy atom. The van der Waals surface area contributed by atoms with Crippen molar-refractivity contribution in [2.45, 2.75) is 45.5 Å². The Bertz CT molecular complexity index is 753. The minimum atomic E-state index is -1.83. The molecule has 7 nitrogen and oxygen atoms in total. The highest BCUT2D eigenvalue weighted by Crippen LogP contribution is 2.37. The first-order chi connectivity index (χ1) is 11.7. The monoisotopic (exact) mass is 427 g/mol. The van der Waals surface area contributed by atoms with Crippen LogP contribution in [0, 0.1) is 0 Å². The molecule has 0 amide bonds. The fourth-order valence-electron chi connectivity index (χ4n) is 2.40. The van der Waals surface area contributed by atoms with Gasteiger partial charge in [-0.1, -0.05) is 20.8 Å². The zero-order valence-electron chi connectivity index (χ0n) is 15.5. The van der Waals surface area contributed by atoms with Crippen LogP contribution in [0.4, 0.5) is 5.82 Å². The van der Waals surface area contributed by atoms with Crippen molar-refractivity contribution < 1.29 is 9.16 Å². The molecule has 25 heavy (non-hydrogen) atoms. The highest BCUT2D eigenvalue weighted by molar-refractivity contribution is 9.10. The van der Waals surface area contributed by atoms with Gasteiger partial charge >= 0.3 is 0 Å². The number of ether oxygens (including phenoxy) is 1.